The van der Waals surface area contributed by atoms with Crippen molar-refractivity contribution in [3.05, 3.63) is 6.92 Å². The Morgan fingerprint density at radius 3 is 1.71 bits per heavy atom. The minimum absolute atomic E-state index is 0. The van der Waals surface area contributed by atoms with Crippen LogP contribution in [0.5, 0.6) is 0 Å². The maximum atomic E-state index is 8.68. The third kappa shape index (κ3) is 22.7. The summed E-state index contributed by atoms with van der Waals surface area (Å²) in [5.41, 5.74) is 0. The van der Waals surface area contributed by atoms with Gasteiger partial charge < -0.3 is 24.7 Å². The van der Waals surface area contributed by atoms with Crippen LogP contribution in [0, 0.1) is 12.8 Å². The van der Waals surface area contributed by atoms with Crippen molar-refractivity contribution in [1.29, 1.82) is 0 Å². The van der Waals surface area contributed by atoms with Crippen LogP contribution in [0.4, 0.5) is 0 Å². The molecule has 0 aliphatic rings. The van der Waals surface area contributed by atoms with Crippen molar-refractivity contribution >= 4 is 39.6 Å². The predicted molar refractivity (Wildman–Crippen MR) is 129 cm³/mol. The second kappa shape index (κ2) is 15.8. The molecule has 0 N–H and O–H groups in total. The van der Waals surface area contributed by atoms with E-state index in [-0.39, 0.29) is 51.4 Å². The molecule has 164 valence electrons. The van der Waals surface area contributed by atoms with E-state index in [1.54, 1.807) is 0 Å². The first-order valence-electron chi connectivity index (χ1n) is 10.1. The first kappa shape index (κ1) is 34.7. The molecule has 9 heteroatoms. The Morgan fingerprint density at radius 1 is 0.893 bits per heavy atom. The molecule has 0 spiro atoms. The Bertz CT molecular complexity index is 413. The van der Waals surface area contributed by atoms with E-state index in [2.05, 4.69) is 72.8 Å². The van der Waals surface area contributed by atoms with Gasteiger partial charge in [0.15, 0.2) is 16.6 Å². The van der Waals surface area contributed by atoms with Gasteiger partial charge in [0, 0.05) is 14.7 Å². The number of carbonyl (C=O) groups excluding carboxylic acids is 1. The van der Waals surface area contributed by atoms with Crippen LogP contribution in [0.2, 0.25) is 77.1 Å². The summed E-state index contributed by atoms with van der Waals surface area (Å²) in [5, 5.41) is 0. The quantitative estimate of drug-likeness (QED) is 0.312. The standard InChI is InChI=1S/C17H43O3Si4.C2H3O.K/c1-12-18-15-17(2)16-23(8,9)20-24(10,11)19-22(6,7)14-13-21(3,4)5;1-2-3;/h17H,1,12-16H2,2-11H3;1H3;/q2*-1;+1. The molecule has 1 atom stereocenters. The fraction of sp³-hybridized carbons (Fsp3) is 0.895. The van der Waals surface area contributed by atoms with E-state index in [0.717, 1.165) is 12.7 Å². The molecule has 0 aromatic heterocycles. The molecule has 0 aliphatic heterocycles. The van der Waals surface area contributed by atoms with Crippen LogP contribution in [0.1, 0.15) is 13.8 Å². The van der Waals surface area contributed by atoms with Crippen LogP contribution in [-0.4, -0.2) is 52.8 Å². The summed E-state index contributed by atoms with van der Waals surface area (Å²) in [6.45, 7) is 29.8. The van der Waals surface area contributed by atoms with Gasteiger partial charge in [-0.3, -0.25) is 6.29 Å². The smallest absolute Gasteiger partial charge is 0.542 e. The second-order valence-corrected chi connectivity index (χ2v) is 28.3. The van der Waals surface area contributed by atoms with Gasteiger partial charge in [-0.25, -0.2) is 0 Å². The van der Waals surface area contributed by atoms with Crippen molar-refractivity contribution in [2.24, 2.45) is 5.92 Å². The van der Waals surface area contributed by atoms with E-state index in [1.807, 2.05) is 0 Å². The van der Waals surface area contributed by atoms with E-state index in [0.29, 0.717) is 12.5 Å². The fourth-order valence-corrected chi connectivity index (χ4v) is 22.4. The van der Waals surface area contributed by atoms with Crippen molar-refractivity contribution in [1.82, 2.24) is 0 Å². The maximum absolute atomic E-state index is 8.68. The summed E-state index contributed by atoms with van der Waals surface area (Å²) in [4.78, 5) is 8.68. The zero-order valence-corrected chi connectivity index (χ0v) is 28.1. The monoisotopic (exact) mass is 489 g/mol. The average molecular weight is 490 g/mol. The van der Waals surface area contributed by atoms with Gasteiger partial charge in [-0.15, -0.1) is 0 Å². The summed E-state index contributed by atoms with van der Waals surface area (Å²) in [6, 6.07) is 3.73. The minimum Gasteiger partial charge on any atom is -0.542 e. The summed E-state index contributed by atoms with van der Waals surface area (Å²) in [6.07, 6.45) is 1.50. The van der Waals surface area contributed by atoms with Crippen LogP contribution in [0.3, 0.4) is 0 Å². The molecule has 0 saturated carbocycles. The average Bonchev–Trinajstić information content (AvgIpc) is 2.40. The van der Waals surface area contributed by atoms with Crippen molar-refractivity contribution < 1.29 is 69.1 Å². The molecule has 0 aromatic rings. The Morgan fingerprint density at radius 2 is 1.32 bits per heavy atom. The van der Waals surface area contributed by atoms with E-state index in [1.165, 1.54) is 25.3 Å². The van der Waals surface area contributed by atoms with Crippen LogP contribution < -0.4 is 51.4 Å². The summed E-state index contributed by atoms with van der Waals surface area (Å²) in [5.74, 6) is 0.523. The molecule has 0 heterocycles. The van der Waals surface area contributed by atoms with Gasteiger partial charge in [-0.05, 0) is 57.3 Å². The van der Waals surface area contributed by atoms with Gasteiger partial charge in [0.1, 0.15) is 0 Å². The van der Waals surface area contributed by atoms with Crippen LogP contribution in [-0.2, 0) is 17.8 Å². The molecular weight excluding hydrogens is 444 g/mol. The van der Waals surface area contributed by atoms with E-state index < -0.39 is 33.3 Å². The van der Waals surface area contributed by atoms with Crippen molar-refractivity contribution in [2.45, 2.75) is 90.9 Å². The first-order chi connectivity index (χ1) is 12.0. The van der Waals surface area contributed by atoms with Crippen LogP contribution in [0.15, 0.2) is 0 Å². The molecule has 1 unspecified atom stereocenters. The Hall–Kier alpha value is 2.05. The van der Waals surface area contributed by atoms with Gasteiger partial charge in [0.25, 0.3) is 0 Å². The normalized spacial score (nSPS) is 13.9. The van der Waals surface area contributed by atoms with E-state index in [4.69, 9.17) is 17.8 Å². The number of rotatable bonds is 12. The predicted octanol–water partition coefficient (Wildman–Crippen LogP) is 3.08. The molecule has 0 radical (unpaired) electrons. The fourth-order valence-electron chi connectivity index (χ4n) is 3.30. The third-order valence-electron chi connectivity index (χ3n) is 3.91. The minimum atomic E-state index is -2.08. The molecule has 0 amide bonds. The first-order valence-corrected chi connectivity index (χ1v) is 22.8. The number of hydrogen-bond acceptors (Lipinski definition) is 4. The van der Waals surface area contributed by atoms with Crippen molar-refractivity contribution in [3.8, 4) is 0 Å². The van der Waals surface area contributed by atoms with Crippen molar-refractivity contribution in [3.63, 3.8) is 0 Å². The Kier molecular flexibility index (Phi) is 19.5. The Balaban J connectivity index is -0.00000146. The molecule has 0 saturated heterocycles. The van der Waals surface area contributed by atoms with E-state index in [9.17, 15) is 0 Å². The summed E-state index contributed by atoms with van der Waals surface area (Å²) < 4.78 is 18.8. The second-order valence-electron chi connectivity index (χ2n) is 10.3. The summed E-state index contributed by atoms with van der Waals surface area (Å²) in [7, 11) is -6.48. The van der Waals surface area contributed by atoms with Crippen molar-refractivity contribution in [2.75, 3.05) is 13.2 Å². The van der Waals surface area contributed by atoms with Gasteiger partial charge in [-0.1, -0.05) is 39.2 Å². The summed E-state index contributed by atoms with van der Waals surface area (Å²) >= 11 is 0. The molecule has 0 fully saturated rings. The molecule has 0 aromatic carbocycles. The third-order valence-corrected chi connectivity index (χ3v) is 17.6. The zero-order valence-electron chi connectivity index (χ0n) is 21.0. The number of hydrogen-bond donors (Lipinski definition) is 0. The van der Waals surface area contributed by atoms with Gasteiger partial charge in [-0.2, -0.15) is 6.92 Å². The van der Waals surface area contributed by atoms with E-state index >= 15 is 0 Å². The largest absolute Gasteiger partial charge is 1.00 e. The topological polar surface area (TPSA) is 44.8 Å². The number of ether oxygens (including phenoxy) is 1. The van der Waals surface area contributed by atoms with Gasteiger partial charge >= 0.3 is 59.9 Å². The molecule has 4 nitrogen and oxygen atoms in total. The molecule has 0 bridgehead atoms. The zero-order chi connectivity index (χ0) is 21.9. The van der Waals surface area contributed by atoms with Crippen LogP contribution >= 0.6 is 0 Å². The van der Waals surface area contributed by atoms with Crippen LogP contribution in [0.25, 0.3) is 0 Å². The Labute approximate surface area is 223 Å². The molecule has 28 heavy (non-hydrogen) atoms. The molecule has 0 aliphatic carbocycles. The SMILES string of the molecule is C[C-]=O.[CH2-]COCC(C)C[Si](C)(C)O[Si](C)(C)O[Si](C)(C)CC[Si](C)(C)C.[K+]. The van der Waals surface area contributed by atoms with Gasteiger partial charge in [0.05, 0.1) is 0 Å². The molecule has 0 rings (SSSR count). The molecular formula is C19H46KO4Si4-. The van der Waals surface area contributed by atoms with Gasteiger partial charge in [0.2, 0.25) is 0 Å². The maximum Gasteiger partial charge on any atom is 1.00 e.